The van der Waals surface area contributed by atoms with Gasteiger partial charge >= 0.3 is 0 Å². The number of nitrogens with one attached hydrogen (secondary N) is 1. The number of piperidine rings is 1. The van der Waals surface area contributed by atoms with Crippen molar-refractivity contribution in [2.24, 2.45) is 5.73 Å². The molecule has 1 aliphatic rings. The van der Waals surface area contributed by atoms with Crippen LogP contribution in [-0.2, 0) is 4.79 Å². The molecule has 3 N–H and O–H groups in total. The van der Waals surface area contributed by atoms with E-state index in [2.05, 4.69) is 17.3 Å². The molecule has 1 heterocycles. The monoisotopic (exact) mass is 376 g/mol. The van der Waals surface area contributed by atoms with E-state index in [4.69, 9.17) is 5.73 Å². The number of amides is 2. The van der Waals surface area contributed by atoms with Crippen molar-refractivity contribution >= 4 is 42.3 Å². The Morgan fingerprint density at radius 3 is 2.46 bits per heavy atom. The van der Waals surface area contributed by atoms with Crippen molar-refractivity contribution in [2.75, 3.05) is 39.0 Å². The predicted octanol–water partition coefficient (Wildman–Crippen LogP) is 1.59. The lowest BCUT2D eigenvalue weighted by Crippen LogP contribution is -2.47. The molecule has 0 aliphatic carbocycles. The summed E-state index contributed by atoms with van der Waals surface area (Å²) in [7, 11) is 3.94. The van der Waals surface area contributed by atoms with Gasteiger partial charge < -0.3 is 20.9 Å². The zero-order valence-electron chi connectivity index (χ0n) is 14.0. The van der Waals surface area contributed by atoms with E-state index in [-0.39, 0.29) is 49.2 Å². The first-order chi connectivity index (χ1) is 10.5. The van der Waals surface area contributed by atoms with E-state index in [0.717, 1.165) is 25.9 Å². The maximum atomic E-state index is 12.5. The van der Waals surface area contributed by atoms with Gasteiger partial charge in [0, 0.05) is 30.9 Å². The fourth-order valence-electron chi connectivity index (χ4n) is 2.73. The lowest BCUT2D eigenvalue weighted by Gasteiger charge is -2.35. The number of hydrogen-bond acceptors (Lipinski definition) is 4. The highest BCUT2D eigenvalue weighted by Gasteiger charge is 2.25. The highest BCUT2D eigenvalue weighted by atomic mass is 35.5. The van der Waals surface area contributed by atoms with E-state index in [1.165, 1.54) is 0 Å². The molecule has 0 aromatic heterocycles. The molecule has 0 saturated carbocycles. The Bertz CT molecular complexity index is 539. The topological polar surface area (TPSA) is 78.7 Å². The Morgan fingerprint density at radius 2 is 1.92 bits per heavy atom. The third-order valence-corrected chi connectivity index (χ3v) is 4.07. The zero-order chi connectivity index (χ0) is 16.1. The summed E-state index contributed by atoms with van der Waals surface area (Å²) in [6.07, 6.45) is 2.15. The van der Waals surface area contributed by atoms with Crippen LogP contribution in [0, 0.1) is 0 Å². The van der Waals surface area contributed by atoms with E-state index in [1.54, 1.807) is 24.3 Å². The molecule has 24 heavy (non-hydrogen) atoms. The SMILES string of the molecule is CN1CCCC(N(C)C(=O)c2ccc(NC(=O)CN)cc2)C1.Cl.Cl. The molecule has 2 amide bonds. The Labute approximate surface area is 155 Å². The number of carbonyl (C=O) groups is 2. The second-order valence-corrected chi connectivity index (χ2v) is 5.80. The van der Waals surface area contributed by atoms with E-state index >= 15 is 0 Å². The van der Waals surface area contributed by atoms with Crippen LogP contribution in [0.3, 0.4) is 0 Å². The highest BCUT2D eigenvalue weighted by Crippen LogP contribution is 2.17. The summed E-state index contributed by atoms with van der Waals surface area (Å²) in [6, 6.07) is 7.17. The van der Waals surface area contributed by atoms with Crippen LogP contribution in [0.25, 0.3) is 0 Å². The zero-order valence-corrected chi connectivity index (χ0v) is 15.7. The van der Waals surface area contributed by atoms with E-state index in [9.17, 15) is 9.59 Å². The minimum absolute atomic E-state index is 0. The average molecular weight is 377 g/mol. The fraction of sp³-hybridized carbons (Fsp3) is 0.500. The first-order valence-corrected chi connectivity index (χ1v) is 7.57. The molecule has 1 aromatic carbocycles. The number of carbonyl (C=O) groups excluding carboxylic acids is 2. The van der Waals surface area contributed by atoms with Crippen LogP contribution in [0.15, 0.2) is 24.3 Å². The quantitative estimate of drug-likeness (QED) is 0.836. The molecule has 1 aromatic rings. The molecule has 8 heteroatoms. The smallest absolute Gasteiger partial charge is 0.253 e. The maximum absolute atomic E-state index is 12.5. The van der Waals surface area contributed by atoms with Crippen LogP contribution >= 0.6 is 24.8 Å². The normalized spacial score (nSPS) is 17.2. The standard InChI is InChI=1S/C16H24N4O2.2ClH/c1-19-9-3-4-14(11-19)20(2)16(22)12-5-7-13(8-6-12)18-15(21)10-17;;/h5-8,14H,3-4,9-11,17H2,1-2H3,(H,18,21);2*1H. The number of nitrogens with two attached hydrogens (primary N) is 1. The second kappa shape index (κ2) is 10.5. The van der Waals surface area contributed by atoms with Crippen molar-refractivity contribution in [3.8, 4) is 0 Å². The molecule has 1 aliphatic heterocycles. The number of likely N-dealkylation sites (tertiary alicyclic amines) is 1. The number of nitrogens with zero attached hydrogens (tertiary/aromatic N) is 2. The van der Waals surface area contributed by atoms with Gasteiger partial charge in [-0.2, -0.15) is 0 Å². The summed E-state index contributed by atoms with van der Waals surface area (Å²) in [5.41, 5.74) is 6.53. The van der Waals surface area contributed by atoms with Gasteiger partial charge in [-0.15, -0.1) is 24.8 Å². The average Bonchev–Trinajstić information content (AvgIpc) is 2.54. The lowest BCUT2D eigenvalue weighted by molar-refractivity contribution is -0.114. The molecule has 0 radical (unpaired) electrons. The van der Waals surface area contributed by atoms with Crippen molar-refractivity contribution < 1.29 is 9.59 Å². The minimum Gasteiger partial charge on any atom is -0.337 e. The Morgan fingerprint density at radius 1 is 1.29 bits per heavy atom. The molecule has 1 atom stereocenters. The molecule has 2 rings (SSSR count). The van der Waals surface area contributed by atoms with Crippen LogP contribution in [0.4, 0.5) is 5.69 Å². The predicted molar refractivity (Wildman–Crippen MR) is 101 cm³/mol. The largest absolute Gasteiger partial charge is 0.337 e. The van der Waals surface area contributed by atoms with Crippen molar-refractivity contribution in [2.45, 2.75) is 18.9 Å². The van der Waals surface area contributed by atoms with Crippen LogP contribution in [-0.4, -0.2) is 61.4 Å². The van der Waals surface area contributed by atoms with Crippen LogP contribution < -0.4 is 11.1 Å². The molecule has 1 saturated heterocycles. The number of anilines is 1. The number of likely N-dealkylation sites (N-methyl/N-ethyl adjacent to an activating group) is 2. The molecule has 1 fully saturated rings. The summed E-state index contributed by atoms with van der Waals surface area (Å²) < 4.78 is 0. The van der Waals surface area contributed by atoms with E-state index < -0.39 is 0 Å². The summed E-state index contributed by atoms with van der Waals surface area (Å²) >= 11 is 0. The third kappa shape index (κ3) is 5.94. The summed E-state index contributed by atoms with van der Waals surface area (Å²) in [5, 5.41) is 2.66. The van der Waals surface area contributed by atoms with E-state index in [0.29, 0.717) is 11.3 Å². The summed E-state index contributed by atoms with van der Waals surface area (Å²) in [5.74, 6) is -0.238. The van der Waals surface area contributed by atoms with Crippen LogP contribution in [0.2, 0.25) is 0 Å². The molecular weight excluding hydrogens is 351 g/mol. The molecular formula is C16H26Cl2N4O2. The van der Waals surface area contributed by atoms with Crippen LogP contribution in [0.1, 0.15) is 23.2 Å². The first kappa shape index (κ1) is 22.7. The number of halogens is 2. The van der Waals surface area contributed by atoms with Gasteiger partial charge in [0.25, 0.3) is 5.91 Å². The van der Waals surface area contributed by atoms with Gasteiger partial charge in [0.1, 0.15) is 0 Å². The molecule has 6 nitrogen and oxygen atoms in total. The van der Waals surface area contributed by atoms with Crippen molar-refractivity contribution in [3.05, 3.63) is 29.8 Å². The van der Waals surface area contributed by atoms with Gasteiger partial charge in [0.05, 0.1) is 6.54 Å². The second-order valence-electron chi connectivity index (χ2n) is 5.80. The highest BCUT2D eigenvalue weighted by molar-refractivity contribution is 5.96. The summed E-state index contributed by atoms with van der Waals surface area (Å²) in [4.78, 5) is 27.8. The molecule has 1 unspecified atom stereocenters. The third-order valence-electron chi connectivity index (χ3n) is 4.07. The first-order valence-electron chi connectivity index (χ1n) is 7.57. The van der Waals surface area contributed by atoms with Gasteiger partial charge in [-0.1, -0.05) is 0 Å². The Hall–Kier alpha value is -1.34. The van der Waals surface area contributed by atoms with Gasteiger partial charge in [-0.05, 0) is 50.7 Å². The number of benzene rings is 1. The molecule has 0 bridgehead atoms. The summed E-state index contributed by atoms with van der Waals surface area (Å²) in [6.45, 7) is 1.94. The van der Waals surface area contributed by atoms with Gasteiger partial charge in [-0.3, -0.25) is 9.59 Å². The van der Waals surface area contributed by atoms with Gasteiger partial charge in [0.2, 0.25) is 5.91 Å². The molecule has 0 spiro atoms. The lowest BCUT2D eigenvalue weighted by atomic mass is 10.0. The van der Waals surface area contributed by atoms with E-state index in [1.807, 2.05) is 11.9 Å². The Kier molecular flexibility index (Phi) is 9.92. The van der Waals surface area contributed by atoms with Crippen LogP contribution in [0.5, 0.6) is 0 Å². The van der Waals surface area contributed by atoms with Crippen molar-refractivity contribution in [1.29, 1.82) is 0 Å². The maximum Gasteiger partial charge on any atom is 0.253 e. The number of hydrogen-bond donors (Lipinski definition) is 2. The van der Waals surface area contributed by atoms with Crippen molar-refractivity contribution in [1.82, 2.24) is 9.80 Å². The Balaban J connectivity index is 0.00000264. The minimum atomic E-state index is -0.249. The van der Waals surface area contributed by atoms with Crippen molar-refractivity contribution in [3.63, 3.8) is 0 Å². The number of rotatable bonds is 4. The van der Waals surface area contributed by atoms with Gasteiger partial charge in [0.15, 0.2) is 0 Å². The van der Waals surface area contributed by atoms with Gasteiger partial charge in [-0.25, -0.2) is 0 Å². The molecule has 136 valence electrons. The fourth-order valence-corrected chi connectivity index (χ4v) is 2.73.